The summed E-state index contributed by atoms with van der Waals surface area (Å²) in [4.78, 5) is 32.5. The van der Waals surface area contributed by atoms with Crippen molar-refractivity contribution in [1.82, 2.24) is 0 Å². The van der Waals surface area contributed by atoms with Gasteiger partial charge in [0.1, 0.15) is 11.9 Å². The molecular weight excluding hydrogens is 538 g/mol. The summed E-state index contributed by atoms with van der Waals surface area (Å²) in [7, 11) is 1.58. The van der Waals surface area contributed by atoms with Crippen LogP contribution in [0.15, 0.2) is 66.7 Å². The number of hydrogen-bond acceptors (Lipinski definition) is 4. The predicted molar refractivity (Wildman–Crippen MR) is 169 cm³/mol. The Hall–Kier alpha value is -3.96. The molecule has 2 saturated carbocycles. The van der Waals surface area contributed by atoms with Gasteiger partial charge in [0.2, 0.25) is 0 Å². The first-order valence-electron chi connectivity index (χ1n) is 15.5. The van der Waals surface area contributed by atoms with E-state index in [1.54, 1.807) is 31.4 Å². The third-order valence-corrected chi connectivity index (χ3v) is 10.5. The number of ether oxygens (including phenoxy) is 2. The summed E-state index contributed by atoms with van der Waals surface area (Å²) < 4.78 is 11.6. The van der Waals surface area contributed by atoms with Crippen molar-refractivity contribution >= 4 is 34.0 Å². The number of hydrogen-bond donors (Lipinski definition) is 0. The van der Waals surface area contributed by atoms with Crippen LogP contribution in [0.25, 0.3) is 16.3 Å². The Labute approximate surface area is 254 Å². The molecule has 7 heteroatoms. The number of fused-ring (bicyclic) bond motifs is 3. The highest BCUT2D eigenvalue weighted by Crippen LogP contribution is 2.72. The van der Waals surface area contributed by atoms with E-state index in [4.69, 9.17) is 9.47 Å². The number of carbonyl (C=O) groups excluding carboxylic acids is 2. The maximum absolute atomic E-state index is 13.9. The molecule has 2 aliphatic carbocycles. The van der Waals surface area contributed by atoms with E-state index in [1.165, 1.54) is 4.90 Å². The third kappa shape index (κ3) is 5.36. The van der Waals surface area contributed by atoms with E-state index in [0.717, 1.165) is 54.9 Å². The smallest absolute Gasteiger partial charge is 0.463 e. The lowest BCUT2D eigenvalue weighted by molar-refractivity contribution is -0.151. The molecule has 0 aliphatic heterocycles. The first-order valence-corrected chi connectivity index (χ1v) is 15.5. The van der Waals surface area contributed by atoms with Gasteiger partial charge in [-0.05, 0) is 70.7 Å². The van der Waals surface area contributed by atoms with E-state index in [9.17, 15) is 15.1 Å². The molecule has 3 aromatic carbocycles. The van der Waals surface area contributed by atoms with Crippen molar-refractivity contribution in [1.29, 1.82) is 0 Å². The lowest BCUT2D eigenvalue weighted by atomic mass is 9.64. The summed E-state index contributed by atoms with van der Waals surface area (Å²) in [6.07, 6.45) is 5.28. The number of carbonyl (C=O) groups is 2. The molecule has 4 atom stereocenters. The average molecular weight is 582 g/mol. The molecule has 2 bridgehead atoms. The Morgan fingerprint density at radius 3 is 2.40 bits per heavy atom. The second-order valence-electron chi connectivity index (χ2n) is 12.9. The van der Waals surface area contributed by atoms with Crippen molar-refractivity contribution in [2.24, 2.45) is 16.7 Å². The monoisotopic (exact) mass is 581 g/mol. The zero-order valence-electron chi connectivity index (χ0n) is 26.0. The molecule has 0 radical (unpaired) electrons. The van der Waals surface area contributed by atoms with Gasteiger partial charge in [0.25, 0.3) is 0 Å². The van der Waals surface area contributed by atoms with Crippen LogP contribution in [-0.4, -0.2) is 42.1 Å². The standard InChI is InChI=1S/C36H43N3O4/c1-6-7-8-11-23-39(25-17-19-26(42-5)20-18-25)33(40)31(38-37)34(41)43-32-29-21-22-36(4,35(29,2)3)30(32)28-16-12-14-24-13-9-10-15-27(24)28/h9-10,12-20,29-30,32H,6-8,11,21-23H2,1-5H3/t29-,30+,32+,36-/m0/s1. The van der Waals surface area contributed by atoms with Gasteiger partial charge in [-0.3, -0.25) is 4.79 Å². The van der Waals surface area contributed by atoms with Crippen LogP contribution in [0.1, 0.15) is 77.7 Å². The van der Waals surface area contributed by atoms with Gasteiger partial charge in [0.15, 0.2) is 0 Å². The van der Waals surface area contributed by atoms with Gasteiger partial charge < -0.3 is 19.9 Å². The first-order chi connectivity index (χ1) is 20.7. The number of unbranched alkanes of at least 4 members (excludes halogenated alkanes) is 3. The Kier molecular flexibility index (Phi) is 8.75. The summed E-state index contributed by atoms with van der Waals surface area (Å²) in [5.41, 5.74) is 11.0. The third-order valence-electron chi connectivity index (χ3n) is 10.5. The SMILES string of the molecule is CCCCCCN(C(=O)C(=[N+]=[N-])C(=O)O[C@H]1[C@@H](c2cccc3ccccc23)[C@]2(C)CC[C@@H]1C2(C)C)c1ccc(OC)cc1. The predicted octanol–water partition coefficient (Wildman–Crippen LogP) is 7.58. The van der Waals surface area contributed by atoms with E-state index in [2.05, 4.69) is 62.8 Å². The second kappa shape index (κ2) is 12.3. The van der Waals surface area contributed by atoms with Crippen molar-refractivity contribution in [3.8, 4) is 5.75 Å². The molecule has 2 aliphatic rings. The summed E-state index contributed by atoms with van der Waals surface area (Å²) in [6, 6.07) is 21.7. The summed E-state index contributed by atoms with van der Waals surface area (Å²) >= 11 is 0. The number of amides is 1. The summed E-state index contributed by atoms with van der Waals surface area (Å²) in [6.45, 7) is 9.35. The number of rotatable bonds is 11. The molecule has 0 aromatic heterocycles. The molecule has 0 saturated heterocycles. The Morgan fingerprint density at radius 2 is 1.70 bits per heavy atom. The fourth-order valence-corrected chi connectivity index (χ4v) is 7.76. The normalized spacial score (nSPS) is 23.5. The van der Waals surface area contributed by atoms with E-state index >= 15 is 0 Å². The second-order valence-corrected chi connectivity index (χ2v) is 12.9. The molecular formula is C36H43N3O4. The molecule has 7 nitrogen and oxygen atoms in total. The van der Waals surface area contributed by atoms with Crippen LogP contribution in [0.3, 0.4) is 0 Å². The quantitative estimate of drug-likeness (QED) is 0.0583. The highest BCUT2D eigenvalue weighted by atomic mass is 16.5. The van der Waals surface area contributed by atoms with Crippen molar-refractivity contribution in [3.63, 3.8) is 0 Å². The average Bonchev–Trinajstić information content (AvgIpc) is 3.33. The minimum atomic E-state index is -0.887. The zero-order valence-corrected chi connectivity index (χ0v) is 26.0. The van der Waals surface area contributed by atoms with Crippen LogP contribution in [0.2, 0.25) is 0 Å². The fraction of sp³-hybridized carbons (Fsp3) is 0.472. The number of anilines is 1. The Bertz CT molecular complexity index is 1540. The van der Waals surface area contributed by atoms with E-state index in [-0.39, 0.29) is 22.7 Å². The van der Waals surface area contributed by atoms with Crippen LogP contribution in [0, 0.1) is 16.7 Å². The molecule has 0 heterocycles. The van der Waals surface area contributed by atoms with Crippen LogP contribution in [0.4, 0.5) is 5.69 Å². The van der Waals surface area contributed by atoms with E-state index < -0.39 is 23.7 Å². The maximum atomic E-state index is 13.9. The van der Waals surface area contributed by atoms with Crippen LogP contribution in [0.5, 0.6) is 5.75 Å². The van der Waals surface area contributed by atoms with Crippen molar-refractivity contribution < 1.29 is 23.9 Å². The van der Waals surface area contributed by atoms with Crippen LogP contribution < -0.4 is 9.64 Å². The minimum absolute atomic E-state index is 0.0712. The molecule has 3 aromatic rings. The number of methoxy groups -OCH3 is 1. The van der Waals surface area contributed by atoms with Gasteiger partial charge in [-0.15, -0.1) is 0 Å². The number of esters is 1. The molecule has 43 heavy (non-hydrogen) atoms. The molecule has 226 valence electrons. The summed E-state index contributed by atoms with van der Waals surface area (Å²) in [5, 5.41) is 2.28. The van der Waals surface area contributed by atoms with Gasteiger partial charge in [0.05, 0.1) is 7.11 Å². The Balaban J connectivity index is 1.46. The highest BCUT2D eigenvalue weighted by Gasteiger charge is 2.68. The first kappa shape index (κ1) is 30.5. The van der Waals surface area contributed by atoms with Gasteiger partial charge in [-0.25, -0.2) is 4.79 Å². The van der Waals surface area contributed by atoms with Crippen molar-refractivity contribution in [2.45, 2.75) is 78.2 Å². The summed E-state index contributed by atoms with van der Waals surface area (Å²) in [5.74, 6) is -0.874. The lowest BCUT2D eigenvalue weighted by Gasteiger charge is -2.40. The minimum Gasteiger partial charge on any atom is -0.497 e. The molecule has 2 fully saturated rings. The molecule has 0 unspecified atom stereocenters. The largest absolute Gasteiger partial charge is 0.497 e. The number of benzene rings is 3. The number of nitrogens with zero attached hydrogens (tertiary/aromatic N) is 3. The topological polar surface area (TPSA) is 92.2 Å². The molecule has 0 N–H and O–H groups in total. The fourth-order valence-electron chi connectivity index (χ4n) is 7.76. The zero-order chi connectivity index (χ0) is 30.8. The highest BCUT2D eigenvalue weighted by molar-refractivity contribution is 6.64. The van der Waals surface area contributed by atoms with E-state index in [1.807, 2.05) is 12.1 Å². The van der Waals surface area contributed by atoms with Gasteiger partial charge in [0, 0.05) is 24.1 Å². The van der Waals surface area contributed by atoms with Crippen LogP contribution >= 0.6 is 0 Å². The Morgan fingerprint density at radius 1 is 0.977 bits per heavy atom. The molecule has 1 amide bonds. The lowest BCUT2D eigenvalue weighted by Crippen LogP contribution is -2.44. The van der Waals surface area contributed by atoms with Gasteiger partial charge in [-0.2, -0.15) is 4.79 Å². The van der Waals surface area contributed by atoms with Crippen LogP contribution in [-0.2, 0) is 14.3 Å². The van der Waals surface area contributed by atoms with E-state index in [0.29, 0.717) is 18.0 Å². The van der Waals surface area contributed by atoms with Gasteiger partial charge in [-0.1, -0.05) is 89.4 Å². The van der Waals surface area contributed by atoms with Crippen molar-refractivity contribution in [3.05, 3.63) is 77.8 Å². The molecule has 5 rings (SSSR count). The van der Waals surface area contributed by atoms with Crippen molar-refractivity contribution in [2.75, 3.05) is 18.6 Å². The molecule has 0 spiro atoms. The van der Waals surface area contributed by atoms with Gasteiger partial charge >= 0.3 is 17.6 Å². The maximum Gasteiger partial charge on any atom is 0.463 e.